The van der Waals surface area contributed by atoms with Crippen molar-refractivity contribution >= 4 is 6.09 Å². The molecule has 1 atom stereocenters. The quantitative estimate of drug-likeness (QED) is 0.841. The van der Waals surface area contributed by atoms with Gasteiger partial charge in [0.2, 0.25) is 0 Å². The molecule has 0 saturated heterocycles. The maximum Gasteiger partial charge on any atom is 0.408 e. The SMILES string of the molecule is CCC(NCC(C)(C)NC(=O)OC(C)(C)C)c1ccco1. The molecule has 0 spiro atoms. The minimum Gasteiger partial charge on any atom is -0.468 e. The largest absolute Gasteiger partial charge is 0.468 e. The first-order chi connectivity index (χ1) is 9.63. The van der Waals surface area contributed by atoms with Crippen molar-refractivity contribution in [1.82, 2.24) is 10.6 Å². The molecule has 2 N–H and O–H groups in total. The number of hydrogen-bond acceptors (Lipinski definition) is 4. The Balaban J connectivity index is 2.50. The molecule has 0 fully saturated rings. The van der Waals surface area contributed by atoms with Crippen molar-refractivity contribution in [1.29, 1.82) is 0 Å². The molecule has 0 aliphatic rings. The van der Waals surface area contributed by atoms with Gasteiger partial charge in [0.05, 0.1) is 17.8 Å². The van der Waals surface area contributed by atoms with Gasteiger partial charge in [-0.3, -0.25) is 0 Å². The van der Waals surface area contributed by atoms with Gasteiger partial charge < -0.3 is 19.8 Å². The van der Waals surface area contributed by atoms with E-state index >= 15 is 0 Å². The van der Waals surface area contributed by atoms with Gasteiger partial charge in [0.1, 0.15) is 11.4 Å². The molecule has 1 amide bonds. The summed E-state index contributed by atoms with van der Waals surface area (Å²) >= 11 is 0. The number of furan rings is 1. The molecule has 1 aromatic heterocycles. The maximum atomic E-state index is 11.8. The molecule has 1 rings (SSSR count). The van der Waals surface area contributed by atoms with Crippen LogP contribution >= 0.6 is 0 Å². The van der Waals surface area contributed by atoms with Gasteiger partial charge >= 0.3 is 6.09 Å². The second-order valence-electron chi connectivity index (χ2n) is 6.87. The van der Waals surface area contributed by atoms with Gasteiger partial charge in [-0.1, -0.05) is 6.92 Å². The lowest BCUT2D eigenvalue weighted by atomic mass is 10.0. The highest BCUT2D eigenvalue weighted by Gasteiger charge is 2.25. The van der Waals surface area contributed by atoms with Crippen LogP contribution in [-0.4, -0.2) is 23.8 Å². The van der Waals surface area contributed by atoms with Gasteiger partial charge in [-0.05, 0) is 53.2 Å². The first-order valence-corrected chi connectivity index (χ1v) is 7.41. The number of amides is 1. The Bertz CT molecular complexity index is 433. The zero-order valence-electron chi connectivity index (χ0n) is 13.9. The molecule has 0 radical (unpaired) electrons. The molecule has 1 heterocycles. The Morgan fingerprint density at radius 1 is 1.33 bits per heavy atom. The highest BCUT2D eigenvalue weighted by molar-refractivity contribution is 5.68. The highest BCUT2D eigenvalue weighted by Crippen LogP contribution is 2.17. The molecule has 0 aliphatic heterocycles. The molecule has 0 bridgehead atoms. The molecule has 21 heavy (non-hydrogen) atoms. The van der Waals surface area contributed by atoms with E-state index in [0.29, 0.717) is 6.54 Å². The molecule has 5 heteroatoms. The summed E-state index contributed by atoms with van der Waals surface area (Å²) in [6, 6.07) is 3.97. The highest BCUT2D eigenvalue weighted by atomic mass is 16.6. The zero-order valence-corrected chi connectivity index (χ0v) is 13.9. The number of ether oxygens (including phenoxy) is 1. The van der Waals surface area contributed by atoms with Crippen LogP contribution < -0.4 is 10.6 Å². The summed E-state index contributed by atoms with van der Waals surface area (Å²) in [7, 11) is 0. The molecule has 120 valence electrons. The van der Waals surface area contributed by atoms with E-state index in [1.807, 2.05) is 46.8 Å². The summed E-state index contributed by atoms with van der Waals surface area (Å²) in [4.78, 5) is 11.8. The normalized spacial score (nSPS) is 13.8. The fourth-order valence-electron chi connectivity index (χ4n) is 1.94. The molecule has 1 unspecified atom stereocenters. The van der Waals surface area contributed by atoms with Crippen LogP contribution in [0.15, 0.2) is 22.8 Å². The number of carbonyl (C=O) groups excluding carboxylic acids is 1. The number of rotatable bonds is 6. The van der Waals surface area contributed by atoms with Gasteiger partial charge in [0.15, 0.2) is 0 Å². The van der Waals surface area contributed by atoms with E-state index in [2.05, 4.69) is 17.6 Å². The van der Waals surface area contributed by atoms with Crippen molar-refractivity contribution in [3.05, 3.63) is 24.2 Å². The van der Waals surface area contributed by atoms with Crippen LogP contribution in [-0.2, 0) is 4.74 Å². The molecule has 1 aromatic rings. The van der Waals surface area contributed by atoms with Crippen LogP contribution in [0.1, 0.15) is 59.8 Å². The van der Waals surface area contributed by atoms with Gasteiger partial charge in [0, 0.05) is 6.54 Å². The van der Waals surface area contributed by atoms with Crippen LogP contribution in [0.25, 0.3) is 0 Å². The lowest BCUT2D eigenvalue weighted by Gasteiger charge is -2.30. The van der Waals surface area contributed by atoms with Crippen molar-refractivity contribution in [2.45, 2.75) is 65.1 Å². The molecular weight excluding hydrogens is 268 g/mol. The lowest BCUT2D eigenvalue weighted by Crippen LogP contribution is -2.52. The summed E-state index contributed by atoms with van der Waals surface area (Å²) in [5.41, 5.74) is -0.907. The smallest absolute Gasteiger partial charge is 0.408 e. The summed E-state index contributed by atoms with van der Waals surface area (Å²) in [5, 5.41) is 6.30. The summed E-state index contributed by atoms with van der Waals surface area (Å²) in [6.45, 7) is 12.2. The van der Waals surface area contributed by atoms with E-state index in [1.54, 1.807) is 6.26 Å². The topological polar surface area (TPSA) is 63.5 Å². The molecule has 0 aliphatic carbocycles. The summed E-state index contributed by atoms with van der Waals surface area (Å²) in [5.74, 6) is 0.908. The Labute approximate surface area is 127 Å². The van der Waals surface area contributed by atoms with Crippen molar-refractivity contribution < 1.29 is 13.9 Å². The second kappa shape index (κ2) is 6.98. The van der Waals surface area contributed by atoms with E-state index in [4.69, 9.17) is 9.15 Å². The fourth-order valence-corrected chi connectivity index (χ4v) is 1.94. The van der Waals surface area contributed by atoms with Gasteiger partial charge in [-0.15, -0.1) is 0 Å². The minimum atomic E-state index is -0.492. The maximum absolute atomic E-state index is 11.8. The first kappa shape index (κ1) is 17.6. The Kier molecular flexibility index (Phi) is 5.84. The molecule has 0 aromatic carbocycles. The van der Waals surface area contributed by atoms with Crippen LogP contribution in [0.5, 0.6) is 0 Å². The van der Waals surface area contributed by atoms with E-state index in [9.17, 15) is 4.79 Å². The molecule has 0 saturated carbocycles. The Morgan fingerprint density at radius 2 is 2.00 bits per heavy atom. The number of hydrogen-bond donors (Lipinski definition) is 2. The molecule has 5 nitrogen and oxygen atoms in total. The average molecular weight is 296 g/mol. The van der Waals surface area contributed by atoms with Crippen LogP contribution in [0.2, 0.25) is 0 Å². The Hall–Kier alpha value is -1.49. The number of alkyl carbamates (subject to hydrolysis) is 1. The third-order valence-electron chi connectivity index (χ3n) is 2.92. The number of nitrogens with one attached hydrogen (secondary N) is 2. The van der Waals surface area contributed by atoms with Gasteiger partial charge in [-0.25, -0.2) is 4.79 Å². The predicted octanol–water partition coefficient (Wildman–Crippen LogP) is 3.62. The standard InChI is InChI=1S/C16H28N2O3/c1-7-12(13-9-8-10-20-13)17-11-16(5,6)18-14(19)21-15(2,3)4/h8-10,12,17H,7,11H2,1-6H3,(H,18,19). The van der Waals surface area contributed by atoms with Crippen molar-refractivity contribution in [2.75, 3.05) is 6.54 Å². The third-order valence-corrected chi connectivity index (χ3v) is 2.92. The number of carbonyl (C=O) groups is 1. The molecular formula is C16H28N2O3. The lowest BCUT2D eigenvalue weighted by molar-refractivity contribution is 0.0470. The Morgan fingerprint density at radius 3 is 2.48 bits per heavy atom. The van der Waals surface area contributed by atoms with Crippen LogP contribution in [0.4, 0.5) is 4.79 Å². The summed E-state index contributed by atoms with van der Waals surface area (Å²) in [6.07, 6.45) is 2.18. The van der Waals surface area contributed by atoms with Crippen molar-refractivity contribution in [2.24, 2.45) is 0 Å². The first-order valence-electron chi connectivity index (χ1n) is 7.41. The minimum absolute atomic E-state index is 0.139. The van der Waals surface area contributed by atoms with Crippen molar-refractivity contribution in [3.63, 3.8) is 0 Å². The van der Waals surface area contributed by atoms with E-state index < -0.39 is 17.2 Å². The second-order valence-corrected chi connectivity index (χ2v) is 6.87. The van der Waals surface area contributed by atoms with Gasteiger partial charge in [-0.2, -0.15) is 0 Å². The summed E-state index contributed by atoms with van der Waals surface area (Å²) < 4.78 is 10.7. The average Bonchev–Trinajstić information content (AvgIpc) is 2.79. The van der Waals surface area contributed by atoms with Crippen molar-refractivity contribution in [3.8, 4) is 0 Å². The van der Waals surface area contributed by atoms with Crippen LogP contribution in [0.3, 0.4) is 0 Å². The van der Waals surface area contributed by atoms with E-state index in [-0.39, 0.29) is 6.04 Å². The third kappa shape index (κ3) is 6.67. The van der Waals surface area contributed by atoms with Gasteiger partial charge in [0.25, 0.3) is 0 Å². The predicted molar refractivity (Wildman–Crippen MR) is 83.2 cm³/mol. The monoisotopic (exact) mass is 296 g/mol. The fraction of sp³-hybridized carbons (Fsp3) is 0.688. The van der Waals surface area contributed by atoms with E-state index in [1.165, 1.54) is 0 Å². The van der Waals surface area contributed by atoms with Crippen LogP contribution in [0, 0.1) is 0 Å². The zero-order chi connectivity index (χ0) is 16.1. The van der Waals surface area contributed by atoms with E-state index in [0.717, 1.165) is 12.2 Å².